The summed E-state index contributed by atoms with van der Waals surface area (Å²) < 4.78 is 16.8. The summed E-state index contributed by atoms with van der Waals surface area (Å²) in [4.78, 5) is 11.4. The Hall–Kier alpha value is -1.23. The number of amides is 1. The maximum absolute atomic E-state index is 11.8. The third-order valence-electron chi connectivity index (χ3n) is 1.83. The number of rotatable bonds is 6. The zero-order valence-corrected chi connectivity index (χ0v) is 9.85. The average molecular weight is 243 g/mol. The maximum Gasteiger partial charge on any atom is 0.234 e. The minimum Gasteiger partial charge on any atom is -0.497 e. The van der Waals surface area contributed by atoms with Gasteiger partial charge in [0.2, 0.25) is 5.91 Å². The van der Waals surface area contributed by atoms with E-state index in [0.29, 0.717) is 11.4 Å². The highest BCUT2D eigenvalue weighted by Gasteiger charge is 2.02. The minimum absolute atomic E-state index is 0.122. The second-order valence-corrected chi connectivity index (χ2v) is 4.12. The van der Waals surface area contributed by atoms with Crippen LogP contribution >= 0.6 is 11.8 Å². The van der Waals surface area contributed by atoms with E-state index in [9.17, 15) is 9.18 Å². The van der Waals surface area contributed by atoms with Gasteiger partial charge in [0.05, 0.1) is 19.5 Å². The second-order valence-electron chi connectivity index (χ2n) is 3.02. The molecule has 0 saturated heterocycles. The van der Waals surface area contributed by atoms with E-state index >= 15 is 0 Å². The van der Waals surface area contributed by atoms with Crippen molar-refractivity contribution in [2.75, 3.05) is 30.6 Å². The van der Waals surface area contributed by atoms with Crippen LogP contribution in [-0.4, -0.2) is 31.2 Å². The van der Waals surface area contributed by atoms with E-state index in [0.717, 1.165) is 5.75 Å². The maximum atomic E-state index is 11.8. The van der Waals surface area contributed by atoms with Gasteiger partial charge in [-0.2, -0.15) is 0 Å². The van der Waals surface area contributed by atoms with Gasteiger partial charge in [-0.3, -0.25) is 9.18 Å². The first-order valence-electron chi connectivity index (χ1n) is 4.84. The third-order valence-corrected chi connectivity index (χ3v) is 2.74. The number of methoxy groups -OCH3 is 1. The van der Waals surface area contributed by atoms with Crippen molar-refractivity contribution in [2.45, 2.75) is 0 Å². The zero-order valence-electron chi connectivity index (χ0n) is 9.03. The average Bonchev–Trinajstić information content (AvgIpc) is 2.30. The molecule has 1 amide bonds. The third kappa shape index (κ3) is 4.53. The van der Waals surface area contributed by atoms with Crippen LogP contribution in [-0.2, 0) is 4.79 Å². The summed E-state index contributed by atoms with van der Waals surface area (Å²) in [6.07, 6.45) is 0. The number of hydrogen-bond acceptors (Lipinski definition) is 3. The fraction of sp³-hybridized carbons (Fsp3) is 0.364. The summed E-state index contributed by atoms with van der Waals surface area (Å²) in [5, 5.41) is 2.71. The van der Waals surface area contributed by atoms with Crippen molar-refractivity contribution in [3.63, 3.8) is 0 Å². The van der Waals surface area contributed by atoms with E-state index in [1.807, 2.05) is 0 Å². The molecule has 16 heavy (non-hydrogen) atoms. The number of anilines is 1. The van der Waals surface area contributed by atoms with E-state index < -0.39 is 6.67 Å². The molecule has 1 rings (SSSR count). The van der Waals surface area contributed by atoms with Crippen molar-refractivity contribution in [1.29, 1.82) is 0 Å². The van der Waals surface area contributed by atoms with E-state index in [1.54, 1.807) is 31.4 Å². The van der Waals surface area contributed by atoms with E-state index in [1.165, 1.54) is 11.8 Å². The van der Waals surface area contributed by atoms with Gasteiger partial charge < -0.3 is 10.1 Å². The Morgan fingerprint density at radius 2 is 2.12 bits per heavy atom. The van der Waals surface area contributed by atoms with Crippen LogP contribution in [0.4, 0.5) is 10.1 Å². The van der Waals surface area contributed by atoms with Crippen LogP contribution in [0, 0.1) is 0 Å². The molecule has 0 aliphatic heterocycles. The number of ether oxygens (including phenoxy) is 1. The number of nitrogens with one attached hydrogen (secondary N) is 1. The van der Waals surface area contributed by atoms with Crippen molar-refractivity contribution in [2.24, 2.45) is 0 Å². The van der Waals surface area contributed by atoms with Crippen molar-refractivity contribution in [3.05, 3.63) is 24.3 Å². The number of thioether (sulfide) groups is 1. The standard InChI is InChI=1S/C11H14FNO2S/c1-15-10-4-2-9(3-5-10)13-11(14)8-16-7-6-12/h2-5H,6-8H2,1H3,(H,13,14). The SMILES string of the molecule is COc1ccc(NC(=O)CSCCF)cc1. The lowest BCUT2D eigenvalue weighted by Crippen LogP contribution is -2.14. The molecule has 0 aliphatic rings. The van der Waals surface area contributed by atoms with Gasteiger partial charge in [-0.15, -0.1) is 11.8 Å². The smallest absolute Gasteiger partial charge is 0.234 e. The minimum atomic E-state index is -0.402. The van der Waals surface area contributed by atoms with Crippen molar-refractivity contribution in [3.8, 4) is 5.75 Å². The molecule has 0 bridgehead atoms. The van der Waals surface area contributed by atoms with Crippen molar-refractivity contribution >= 4 is 23.4 Å². The first kappa shape index (κ1) is 12.8. The number of hydrogen-bond donors (Lipinski definition) is 1. The normalized spacial score (nSPS) is 9.88. The van der Waals surface area contributed by atoms with E-state index in [-0.39, 0.29) is 11.7 Å². The Balaban J connectivity index is 2.37. The van der Waals surface area contributed by atoms with Gasteiger partial charge in [0.1, 0.15) is 5.75 Å². The molecule has 0 atom stereocenters. The molecule has 0 aliphatic carbocycles. The Kier molecular flexibility index (Phi) is 5.71. The van der Waals surface area contributed by atoms with Crippen LogP contribution in [0.15, 0.2) is 24.3 Å². The molecule has 0 unspecified atom stereocenters. The molecule has 3 nitrogen and oxygen atoms in total. The number of alkyl halides is 1. The summed E-state index contributed by atoms with van der Waals surface area (Å²) in [7, 11) is 1.58. The molecule has 0 spiro atoms. The topological polar surface area (TPSA) is 38.3 Å². The van der Waals surface area contributed by atoms with Crippen LogP contribution < -0.4 is 10.1 Å². The lowest BCUT2D eigenvalue weighted by atomic mass is 10.3. The van der Waals surface area contributed by atoms with Gasteiger partial charge in [-0.05, 0) is 24.3 Å². The summed E-state index contributed by atoms with van der Waals surface area (Å²) in [6, 6.07) is 7.06. The fourth-order valence-electron chi connectivity index (χ4n) is 1.09. The van der Waals surface area contributed by atoms with Gasteiger partial charge in [0.25, 0.3) is 0 Å². The number of carbonyl (C=O) groups is 1. The van der Waals surface area contributed by atoms with Crippen LogP contribution in [0.25, 0.3) is 0 Å². The lowest BCUT2D eigenvalue weighted by molar-refractivity contribution is -0.113. The zero-order chi connectivity index (χ0) is 11.8. The molecule has 0 saturated carbocycles. The predicted molar refractivity (Wildman–Crippen MR) is 64.9 cm³/mol. The molecule has 5 heteroatoms. The molecule has 1 aromatic carbocycles. The Labute approximate surface area is 98.4 Å². The molecule has 1 N–H and O–H groups in total. The highest BCUT2D eigenvalue weighted by Crippen LogP contribution is 2.15. The molecule has 88 valence electrons. The van der Waals surface area contributed by atoms with Gasteiger partial charge in [0, 0.05) is 11.4 Å². The first-order chi connectivity index (χ1) is 7.76. The van der Waals surface area contributed by atoms with Crippen LogP contribution in [0.2, 0.25) is 0 Å². The lowest BCUT2D eigenvalue weighted by Gasteiger charge is -2.05. The molecule has 1 aromatic rings. The van der Waals surface area contributed by atoms with E-state index in [2.05, 4.69) is 5.32 Å². The fourth-order valence-corrected chi connectivity index (χ4v) is 1.60. The predicted octanol–water partition coefficient (Wildman–Crippen LogP) is 2.34. The Morgan fingerprint density at radius 1 is 1.44 bits per heavy atom. The molecule has 0 fully saturated rings. The highest BCUT2D eigenvalue weighted by molar-refractivity contribution is 7.99. The number of carbonyl (C=O) groups excluding carboxylic acids is 1. The van der Waals surface area contributed by atoms with E-state index in [4.69, 9.17) is 4.74 Å². The van der Waals surface area contributed by atoms with Gasteiger partial charge >= 0.3 is 0 Å². The van der Waals surface area contributed by atoms with Gasteiger partial charge in [-0.25, -0.2) is 0 Å². The molecule has 0 heterocycles. The van der Waals surface area contributed by atoms with Crippen LogP contribution in [0.3, 0.4) is 0 Å². The van der Waals surface area contributed by atoms with Crippen LogP contribution in [0.5, 0.6) is 5.75 Å². The number of benzene rings is 1. The largest absolute Gasteiger partial charge is 0.497 e. The summed E-state index contributed by atoms with van der Waals surface area (Å²) in [5.41, 5.74) is 0.714. The Bertz CT molecular complexity index is 329. The Morgan fingerprint density at radius 3 is 2.69 bits per heavy atom. The molecule has 0 radical (unpaired) electrons. The highest BCUT2D eigenvalue weighted by atomic mass is 32.2. The second kappa shape index (κ2) is 7.11. The number of halogens is 1. The summed E-state index contributed by atoms with van der Waals surface area (Å²) in [5.74, 6) is 1.25. The van der Waals surface area contributed by atoms with Gasteiger partial charge in [0.15, 0.2) is 0 Å². The van der Waals surface area contributed by atoms with Crippen molar-refractivity contribution in [1.82, 2.24) is 0 Å². The molecule has 0 aromatic heterocycles. The molecular formula is C11H14FNO2S. The molecular weight excluding hydrogens is 229 g/mol. The first-order valence-corrected chi connectivity index (χ1v) is 5.99. The van der Waals surface area contributed by atoms with Crippen LogP contribution in [0.1, 0.15) is 0 Å². The summed E-state index contributed by atoms with van der Waals surface area (Å²) >= 11 is 1.28. The van der Waals surface area contributed by atoms with Crippen molar-refractivity contribution < 1.29 is 13.9 Å². The summed E-state index contributed by atoms with van der Waals surface area (Å²) in [6.45, 7) is -0.402. The van der Waals surface area contributed by atoms with Gasteiger partial charge in [-0.1, -0.05) is 0 Å². The quantitative estimate of drug-likeness (QED) is 0.779. The monoisotopic (exact) mass is 243 g/mol.